The van der Waals surface area contributed by atoms with Crippen LogP contribution in [-0.4, -0.2) is 20.1 Å². The first-order chi connectivity index (χ1) is 13.1. The van der Waals surface area contributed by atoms with Crippen molar-refractivity contribution in [2.75, 3.05) is 19.5 Å². The van der Waals surface area contributed by atoms with E-state index in [1.807, 2.05) is 35.7 Å². The van der Waals surface area contributed by atoms with Gasteiger partial charge in [-0.15, -0.1) is 11.3 Å². The maximum atomic E-state index is 12.4. The molecule has 1 amide bonds. The number of rotatable bonds is 7. The lowest BCUT2D eigenvalue weighted by Crippen LogP contribution is -2.10. The summed E-state index contributed by atoms with van der Waals surface area (Å²) < 4.78 is 16.0. The van der Waals surface area contributed by atoms with Gasteiger partial charge in [0.25, 0.3) is 5.91 Å². The molecular weight excluding hydrogens is 386 g/mol. The number of ether oxygens (including phenoxy) is 3. The van der Waals surface area contributed by atoms with Crippen LogP contribution >= 0.6 is 22.9 Å². The van der Waals surface area contributed by atoms with E-state index in [-0.39, 0.29) is 5.91 Å². The molecule has 0 saturated heterocycles. The number of carbonyl (C=O) groups is 1. The molecule has 27 heavy (non-hydrogen) atoms. The first kappa shape index (κ1) is 19.1. The molecule has 0 aliphatic rings. The molecule has 0 spiro atoms. The number of halogens is 1. The van der Waals surface area contributed by atoms with Gasteiger partial charge in [0.15, 0.2) is 0 Å². The van der Waals surface area contributed by atoms with E-state index in [1.165, 1.54) is 11.3 Å². The zero-order valence-electron chi connectivity index (χ0n) is 14.8. The molecule has 2 aromatic carbocycles. The number of nitrogens with one attached hydrogen (secondary N) is 1. The van der Waals surface area contributed by atoms with E-state index < -0.39 is 0 Å². The highest BCUT2D eigenvalue weighted by Crippen LogP contribution is 2.28. The number of carbonyl (C=O) groups excluding carboxylic acids is 1. The molecule has 0 aliphatic heterocycles. The minimum absolute atomic E-state index is 0.197. The average Bonchev–Trinajstić information content (AvgIpc) is 3.16. The van der Waals surface area contributed by atoms with Crippen LogP contribution in [0.3, 0.4) is 0 Å². The highest BCUT2D eigenvalue weighted by Gasteiger charge is 2.11. The van der Waals surface area contributed by atoms with E-state index in [4.69, 9.17) is 25.8 Å². The van der Waals surface area contributed by atoms with Crippen LogP contribution in [-0.2, 0) is 6.61 Å². The fourth-order valence-electron chi connectivity index (χ4n) is 2.35. The Bertz CT molecular complexity index is 924. The lowest BCUT2D eigenvalue weighted by atomic mass is 10.2. The second kappa shape index (κ2) is 8.79. The van der Waals surface area contributed by atoms with Crippen LogP contribution in [0.1, 0.15) is 15.2 Å². The predicted octanol–water partition coefficient (Wildman–Crippen LogP) is 5.25. The molecule has 0 fully saturated rings. The molecule has 1 aromatic heterocycles. The predicted molar refractivity (Wildman–Crippen MR) is 108 cm³/mol. The SMILES string of the molecule is COc1ccc(OCc2csc(C(=O)Nc3ccc(OC)c(Cl)c3)c2)cc1. The molecule has 5 nitrogen and oxygen atoms in total. The van der Waals surface area contributed by atoms with E-state index >= 15 is 0 Å². The van der Waals surface area contributed by atoms with Gasteiger partial charge in [0.1, 0.15) is 23.9 Å². The second-order valence-corrected chi connectivity index (χ2v) is 6.91. The van der Waals surface area contributed by atoms with Crippen LogP contribution in [0.25, 0.3) is 0 Å². The van der Waals surface area contributed by atoms with Crippen LogP contribution < -0.4 is 19.5 Å². The number of amides is 1. The Morgan fingerprint density at radius 2 is 1.78 bits per heavy atom. The van der Waals surface area contributed by atoms with E-state index in [0.717, 1.165) is 17.1 Å². The molecule has 0 atom stereocenters. The van der Waals surface area contributed by atoms with Crippen molar-refractivity contribution in [3.05, 3.63) is 69.4 Å². The fourth-order valence-corrected chi connectivity index (χ4v) is 3.40. The molecule has 1 N–H and O–H groups in total. The lowest BCUT2D eigenvalue weighted by molar-refractivity contribution is 0.103. The third kappa shape index (κ3) is 4.93. The molecule has 0 radical (unpaired) electrons. The highest BCUT2D eigenvalue weighted by atomic mass is 35.5. The third-order valence-corrected chi connectivity index (χ3v) is 5.03. The maximum absolute atomic E-state index is 12.4. The van der Waals surface area contributed by atoms with Crippen LogP contribution in [0.5, 0.6) is 17.2 Å². The molecule has 7 heteroatoms. The van der Waals surface area contributed by atoms with Crippen molar-refractivity contribution < 1.29 is 19.0 Å². The second-order valence-electron chi connectivity index (χ2n) is 5.59. The Hall–Kier alpha value is -2.70. The van der Waals surface area contributed by atoms with Crippen molar-refractivity contribution in [2.45, 2.75) is 6.61 Å². The summed E-state index contributed by atoms with van der Waals surface area (Å²) in [6, 6.07) is 14.3. The van der Waals surface area contributed by atoms with Crippen LogP contribution in [0.4, 0.5) is 5.69 Å². The number of thiophene rings is 1. The molecule has 140 valence electrons. The van der Waals surface area contributed by atoms with Gasteiger partial charge in [0.2, 0.25) is 0 Å². The van der Waals surface area contributed by atoms with E-state index in [0.29, 0.717) is 27.9 Å². The summed E-state index contributed by atoms with van der Waals surface area (Å²) >= 11 is 7.44. The van der Waals surface area contributed by atoms with E-state index in [9.17, 15) is 4.79 Å². The lowest BCUT2D eigenvalue weighted by Gasteiger charge is -2.07. The number of benzene rings is 2. The third-order valence-electron chi connectivity index (χ3n) is 3.75. The monoisotopic (exact) mass is 403 g/mol. The first-order valence-electron chi connectivity index (χ1n) is 8.08. The molecule has 1 heterocycles. The van der Waals surface area contributed by atoms with Crippen LogP contribution in [0, 0.1) is 0 Å². The smallest absolute Gasteiger partial charge is 0.265 e. The summed E-state index contributed by atoms with van der Waals surface area (Å²) in [6.07, 6.45) is 0. The number of anilines is 1. The van der Waals surface area contributed by atoms with Gasteiger partial charge in [-0.2, -0.15) is 0 Å². The van der Waals surface area contributed by atoms with Gasteiger partial charge in [-0.25, -0.2) is 0 Å². The quantitative estimate of drug-likeness (QED) is 0.585. The molecule has 0 aliphatic carbocycles. The molecule has 0 saturated carbocycles. The molecular formula is C20H18ClNO4S. The van der Waals surface area contributed by atoms with Crippen molar-refractivity contribution in [3.8, 4) is 17.2 Å². The van der Waals surface area contributed by atoms with Gasteiger partial charge in [-0.3, -0.25) is 4.79 Å². The zero-order chi connectivity index (χ0) is 19.2. The van der Waals surface area contributed by atoms with E-state index in [2.05, 4.69) is 5.32 Å². The van der Waals surface area contributed by atoms with Crippen molar-refractivity contribution in [1.82, 2.24) is 0 Å². The number of hydrogen-bond acceptors (Lipinski definition) is 5. The van der Waals surface area contributed by atoms with Crippen molar-refractivity contribution >= 4 is 34.5 Å². The maximum Gasteiger partial charge on any atom is 0.265 e. The summed E-state index contributed by atoms with van der Waals surface area (Å²) in [5.74, 6) is 1.87. The van der Waals surface area contributed by atoms with Gasteiger partial charge in [-0.05, 0) is 53.9 Å². The van der Waals surface area contributed by atoms with Gasteiger partial charge < -0.3 is 19.5 Å². The Balaban J connectivity index is 1.59. The zero-order valence-corrected chi connectivity index (χ0v) is 16.4. The Kier molecular flexibility index (Phi) is 6.21. The summed E-state index contributed by atoms with van der Waals surface area (Å²) in [6.45, 7) is 0.379. The number of methoxy groups -OCH3 is 2. The number of hydrogen-bond donors (Lipinski definition) is 1. The van der Waals surface area contributed by atoms with E-state index in [1.54, 1.807) is 32.4 Å². The summed E-state index contributed by atoms with van der Waals surface area (Å²) in [5, 5.41) is 5.17. The van der Waals surface area contributed by atoms with Gasteiger partial charge in [0.05, 0.1) is 24.1 Å². The normalized spacial score (nSPS) is 10.3. The topological polar surface area (TPSA) is 56.8 Å². The average molecular weight is 404 g/mol. The molecule has 3 aromatic rings. The minimum atomic E-state index is -0.197. The first-order valence-corrected chi connectivity index (χ1v) is 9.34. The van der Waals surface area contributed by atoms with Gasteiger partial charge in [-0.1, -0.05) is 11.6 Å². The van der Waals surface area contributed by atoms with Crippen LogP contribution in [0.15, 0.2) is 53.9 Å². The van der Waals surface area contributed by atoms with Gasteiger partial charge >= 0.3 is 0 Å². The summed E-state index contributed by atoms with van der Waals surface area (Å²) in [5.41, 5.74) is 1.53. The molecule has 0 unspecified atom stereocenters. The van der Waals surface area contributed by atoms with Gasteiger partial charge in [0, 0.05) is 11.3 Å². The Morgan fingerprint density at radius 1 is 1.04 bits per heavy atom. The summed E-state index contributed by atoms with van der Waals surface area (Å²) in [4.78, 5) is 13.0. The molecule has 0 bridgehead atoms. The highest BCUT2D eigenvalue weighted by molar-refractivity contribution is 7.12. The Labute approximate surface area is 166 Å². The standard InChI is InChI=1S/C20H18ClNO4S/c1-24-15-4-6-16(7-5-15)26-11-13-9-19(27-12-13)20(23)22-14-3-8-18(25-2)17(21)10-14/h3-10,12H,11H2,1-2H3,(H,22,23). The van der Waals surface area contributed by atoms with Crippen molar-refractivity contribution in [3.63, 3.8) is 0 Å². The largest absolute Gasteiger partial charge is 0.497 e. The van der Waals surface area contributed by atoms with Crippen molar-refractivity contribution in [2.24, 2.45) is 0 Å². The molecule has 3 rings (SSSR count). The fraction of sp³-hybridized carbons (Fsp3) is 0.150. The summed E-state index contributed by atoms with van der Waals surface area (Å²) in [7, 11) is 3.16. The van der Waals surface area contributed by atoms with Crippen LogP contribution in [0.2, 0.25) is 5.02 Å². The minimum Gasteiger partial charge on any atom is -0.497 e. The van der Waals surface area contributed by atoms with Crippen molar-refractivity contribution in [1.29, 1.82) is 0 Å². The Morgan fingerprint density at radius 3 is 2.44 bits per heavy atom.